The Bertz CT molecular complexity index is 606. The fourth-order valence-electron chi connectivity index (χ4n) is 1.42. The maximum atomic E-state index is 8.97. The maximum Gasteiger partial charge on any atom is 0.159 e. The minimum atomic E-state index is 0.338. The second-order valence-electron chi connectivity index (χ2n) is 3.57. The highest BCUT2D eigenvalue weighted by molar-refractivity contribution is 6.30. The fraction of sp³-hybridized carbons (Fsp3) is 0. The van der Waals surface area contributed by atoms with Gasteiger partial charge in [-0.25, -0.2) is 0 Å². The number of hydrogen-bond donors (Lipinski definition) is 1. The van der Waals surface area contributed by atoms with Gasteiger partial charge in [0.15, 0.2) is 5.71 Å². The topological polar surface area (TPSA) is 32.6 Å². The van der Waals surface area contributed by atoms with E-state index in [4.69, 9.17) is 16.8 Å². The molecule has 0 atom stereocenters. The summed E-state index contributed by atoms with van der Waals surface area (Å²) in [6, 6.07) is 16.5. The number of rotatable bonds is 1. The normalized spacial score (nSPS) is 10.6. The highest BCUT2D eigenvalue weighted by atomic mass is 35.5. The summed E-state index contributed by atoms with van der Waals surface area (Å²) in [6.07, 6.45) is 0. The van der Waals surface area contributed by atoms with E-state index in [1.165, 1.54) is 0 Å². The van der Waals surface area contributed by atoms with Crippen molar-refractivity contribution in [3.05, 3.63) is 70.7 Å². The van der Waals surface area contributed by atoms with Crippen molar-refractivity contribution in [1.29, 1.82) is 0 Å². The minimum absolute atomic E-state index is 0.338. The van der Waals surface area contributed by atoms with Crippen LogP contribution in [0.15, 0.2) is 59.8 Å². The van der Waals surface area contributed by atoms with Gasteiger partial charge in [0.1, 0.15) is 0 Å². The summed E-state index contributed by atoms with van der Waals surface area (Å²) in [5.74, 6) is 5.75. The molecular formula is C15H10ClNO. The van der Waals surface area contributed by atoms with Gasteiger partial charge in [-0.05, 0) is 30.2 Å². The van der Waals surface area contributed by atoms with E-state index >= 15 is 0 Å². The Hall–Kier alpha value is -2.24. The summed E-state index contributed by atoms with van der Waals surface area (Å²) in [5.41, 5.74) is 1.93. The van der Waals surface area contributed by atoms with Gasteiger partial charge in [-0.1, -0.05) is 53.0 Å². The highest BCUT2D eigenvalue weighted by Gasteiger charge is 1.98. The number of hydrogen-bond acceptors (Lipinski definition) is 2. The van der Waals surface area contributed by atoms with Crippen molar-refractivity contribution in [2.24, 2.45) is 5.16 Å². The summed E-state index contributed by atoms with van der Waals surface area (Å²) in [6.45, 7) is 0. The molecule has 0 radical (unpaired) electrons. The molecule has 0 saturated carbocycles. The molecule has 0 aliphatic heterocycles. The Balaban J connectivity index is 2.26. The lowest BCUT2D eigenvalue weighted by Crippen LogP contribution is -1.96. The largest absolute Gasteiger partial charge is 0.410 e. The molecule has 0 aliphatic carbocycles. The molecule has 2 nitrogen and oxygen atoms in total. The van der Waals surface area contributed by atoms with Gasteiger partial charge in [-0.3, -0.25) is 0 Å². The van der Waals surface area contributed by atoms with E-state index in [2.05, 4.69) is 17.0 Å². The maximum absolute atomic E-state index is 8.97. The van der Waals surface area contributed by atoms with Crippen LogP contribution in [0.3, 0.4) is 0 Å². The van der Waals surface area contributed by atoms with Crippen molar-refractivity contribution >= 4 is 17.3 Å². The van der Waals surface area contributed by atoms with Gasteiger partial charge in [0, 0.05) is 16.1 Å². The van der Waals surface area contributed by atoms with E-state index in [0.29, 0.717) is 10.7 Å². The Morgan fingerprint density at radius 2 is 1.67 bits per heavy atom. The average molecular weight is 256 g/mol. The van der Waals surface area contributed by atoms with Crippen molar-refractivity contribution in [3.63, 3.8) is 0 Å². The van der Waals surface area contributed by atoms with E-state index < -0.39 is 0 Å². The lowest BCUT2D eigenvalue weighted by atomic mass is 10.1. The molecule has 88 valence electrons. The van der Waals surface area contributed by atoms with Crippen LogP contribution in [0.4, 0.5) is 0 Å². The molecule has 2 rings (SSSR count). The van der Waals surface area contributed by atoms with E-state index in [9.17, 15) is 0 Å². The number of benzene rings is 2. The first-order valence-corrected chi connectivity index (χ1v) is 5.72. The molecular weight excluding hydrogens is 246 g/mol. The van der Waals surface area contributed by atoms with Crippen molar-refractivity contribution in [2.75, 3.05) is 0 Å². The lowest BCUT2D eigenvalue weighted by molar-refractivity contribution is 0.320. The first-order valence-electron chi connectivity index (χ1n) is 5.34. The van der Waals surface area contributed by atoms with Gasteiger partial charge in [0.2, 0.25) is 0 Å². The van der Waals surface area contributed by atoms with Crippen LogP contribution < -0.4 is 0 Å². The van der Waals surface area contributed by atoms with Gasteiger partial charge in [-0.2, -0.15) is 0 Å². The summed E-state index contributed by atoms with van der Waals surface area (Å²) in [7, 11) is 0. The van der Waals surface area contributed by atoms with Crippen LogP contribution in [0.5, 0.6) is 0 Å². The van der Waals surface area contributed by atoms with Gasteiger partial charge >= 0.3 is 0 Å². The molecule has 0 saturated heterocycles. The molecule has 3 heteroatoms. The Morgan fingerprint density at radius 3 is 2.28 bits per heavy atom. The third-order valence-corrected chi connectivity index (χ3v) is 2.57. The minimum Gasteiger partial charge on any atom is -0.410 e. The Kier molecular flexibility index (Phi) is 4.01. The van der Waals surface area contributed by atoms with Gasteiger partial charge in [0.05, 0.1) is 0 Å². The first kappa shape index (κ1) is 12.2. The smallest absolute Gasteiger partial charge is 0.159 e. The van der Waals surface area contributed by atoms with Crippen LogP contribution >= 0.6 is 11.6 Å². The summed E-state index contributed by atoms with van der Waals surface area (Å²) in [4.78, 5) is 0. The van der Waals surface area contributed by atoms with E-state index in [1.54, 1.807) is 12.1 Å². The molecule has 0 bridgehead atoms. The van der Waals surface area contributed by atoms with E-state index in [-0.39, 0.29) is 0 Å². The van der Waals surface area contributed by atoms with E-state index in [1.807, 2.05) is 42.5 Å². The van der Waals surface area contributed by atoms with E-state index in [0.717, 1.165) is 11.1 Å². The predicted octanol–water partition coefficient (Wildman–Crippen LogP) is 3.57. The predicted molar refractivity (Wildman–Crippen MR) is 73.1 cm³/mol. The zero-order chi connectivity index (χ0) is 12.8. The molecule has 0 amide bonds. The van der Waals surface area contributed by atoms with Crippen LogP contribution in [0.1, 0.15) is 11.1 Å². The Morgan fingerprint density at radius 1 is 1.00 bits per heavy atom. The standard InChI is InChI=1S/C15H10ClNO/c16-14-9-6-12(7-10-14)8-11-15(17-18)13-4-2-1-3-5-13/h1-7,9-10,18H/b17-15-. The second kappa shape index (κ2) is 5.90. The van der Waals surface area contributed by atoms with Gasteiger partial charge in [-0.15, -0.1) is 0 Å². The van der Waals surface area contributed by atoms with Crippen molar-refractivity contribution in [2.45, 2.75) is 0 Å². The van der Waals surface area contributed by atoms with Crippen LogP contribution in [-0.2, 0) is 0 Å². The summed E-state index contributed by atoms with van der Waals surface area (Å²) < 4.78 is 0. The third kappa shape index (κ3) is 3.13. The monoisotopic (exact) mass is 255 g/mol. The number of nitrogens with zero attached hydrogens (tertiary/aromatic N) is 1. The highest BCUT2D eigenvalue weighted by Crippen LogP contribution is 2.08. The molecule has 0 heterocycles. The fourth-order valence-corrected chi connectivity index (χ4v) is 1.54. The van der Waals surface area contributed by atoms with Gasteiger partial charge in [0.25, 0.3) is 0 Å². The zero-order valence-corrected chi connectivity index (χ0v) is 10.2. The number of halogens is 1. The van der Waals surface area contributed by atoms with Crippen LogP contribution in [0.25, 0.3) is 0 Å². The molecule has 0 aliphatic rings. The summed E-state index contributed by atoms with van der Waals surface area (Å²) in [5, 5.41) is 12.8. The molecule has 0 spiro atoms. The molecule has 1 N–H and O–H groups in total. The van der Waals surface area contributed by atoms with Crippen LogP contribution in [0, 0.1) is 11.8 Å². The third-order valence-electron chi connectivity index (χ3n) is 2.32. The molecule has 0 aromatic heterocycles. The SMILES string of the molecule is O/N=C(/C#Cc1ccc(Cl)cc1)c1ccccc1. The van der Waals surface area contributed by atoms with Crippen molar-refractivity contribution in [1.82, 2.24) is 0 Å². The Labute approximate surface area is 111 Å². The first-order chi connectivity index (χ1) is 8.79. The quantitative estimate of drug-likeness (QED) is 0.359. The van der Waals surface area contributed by atoms with Crippen LogP contribution in [-0.4, -0.2) is 10.9 Å². The molecule has 0 fully saturated rings. The molecule has 0 unspecified atom stereocenters. The lowest BCUT2D eigenvalue weighted by Gasteiger charge is -1.95. The molecule has 2 aromatic rings. The van der Waals surface area contributed by atoms with Crippen LogP contribution in [0.2, 0.25) is 5.02 Å². The summed E-state index contributed by atoms with van der Waals surface area (Å²) >= 11 is 5.79. The van der Waals surface area contributed by atoms with Crippen molar-refractivity contribution in [3.8, 4) is 11.8 Å². The van der Waals surface area contributed by atoms with Gasteiger partial charge < -0.3 is 5.21 Å². The van der Waals surface area contributed by atoms with Crippen molar-refractivity contribution < 1.29 is 5.21 Å². The second-order valence-corrected chi connectivity index (χ2v) is 4.01. The zero-order valence-electron chi connectivity index (χ0n) is 9.47. The molecule has 2 aromatic carbocycles. The average Bonchev–Trinajstić information content (AvgIpc) is 2.43. The molecule has 18 heavy (non-hydrogen) atoms. The number of oxime groups is 1.